The number of rotatable bonds is 6. The minimum absolute atomic E-state index is 0.350. The van der Waals surface area contributed by atoms with Crippen LogP contribution in [0.25, 0.3) is 0 Å². The van der Waals surface area contributed by atoms with Crippen LogP contribution in [0.3, 0.4) is 0 Å². The first-order valence-electron chi connectivity index (χ1n) is 7.59. The Morgan fingerprint density at radius 3 is 2.57 bits per heavy atom. The summed E-state index contributed by atoms with van der Waals surface area (Å²) in [7, 11) is 0. The van der Waals surface area contributed by atoms with E-state index in [9.17, 15) is 9.90 Å². The third-order valence-electron chi connectivity index (χ3n) is 4.28. The van der Waals surface area contributed by atoms with Crippen molar-refractivity contribution < 1.29 is 9.90 Å². The zero-order valence-corrected chi connectivity index (χ0v) is 14.4. The molecule has 1 heterocycles. The molecule has 4 nitrogen and oxygen atoms in total. The van der Waals surface area contributed by atoms with Crippen molar-refractivity contribution in [2.45, 2.75) is 39.7 Å². The van der Waals surface area contributed by atoms with E-state index in [4.69, 9.17) is 0 Å². The van der Waals surface area contributed by atoms with Crippen molar-refractivity contribution in [3.8, 4) is 0 Å². The molecule has 2 N–H and O–H groups in total. The van der Waals surface area contributed by atoms with Gasteiger partial charge in [0.2, 0.25) is 0 Å². The van der Waals surface area contributed by atoms with Crippen LogP contribution < -0.4 is 10.2 Å². The van der Waals surface area contributed by atoms with E-state index in [-0.39, 0.29) is 5.91 Å². The fourth-order valence-electron chi connectivity index (χ4n) is 2.75. The zero-order valence-electron chi connectivity index (χ0n) is 12.8. The summed E-state index contributed by atoms with van der Waals surface area (Å²) < 4.78 is 0.921. The Kier molecular flexibility index (Phi) is 5.27. The van der Waals surface area contributed by atoms with Crippen LogP contribution in [0, 0.1) is 5.92 Å². The molecule has 1 atom stereocenters. The largest absolute Gasteiger partial charge is 0.378 e. The van der Waals surface area contributed by atoms with Crippen molar-refractivity contribution >= 4 is 33.2 Å². The number of benzene rings is 1. The van der Waals surface area contributed by atoms with Crippen molar-refractivity contribution in [1.29, 1.82) is 0 Å². The molecule has 1 aliphatic heterocycles. The first kappa shape index (κ1) is 16.3. The molecule has 0 aliphatic carbocycles. The number of nitrogens with zero attached hydrogens (tertiary/aromatic N) is 1. The van der Waals surface area contributed by atoms with E-state index in [0.717, 1.165) is 36.1 Å². The van der Waals surface area contributed by atoms with Crippen molar-refractivity contribution in [2.75, 3.05) is 23.3 Å². The molecule has 116 valence electrons. The summed E-state index contributed by atoms with van der Waals surface area (Å²) in [5, 5.41) is 12.6. The van der Waals surface area contributed by atoms with Crippen molar-refractivity contribution in [2.24, 2.45) is 5.92 Å². The van der Waals surface area contributed by atoms with Crippen LogP contribution in [0.2, 0.25) is 0 Å². The lowest BCUT2D eigenvalue weighted by Crippen LogP contribution is -2.29. The van der Waals surface area contributed by atoms with Crippen LogP contribution >= 0.6 is 15.9 Å². The first-order valence-corrected chi connectivity index (χ1v) is 8.38. The van der Waals surface area contributed by atoms with Gasteiger partial charge in [0.05, 0.1) is 5.69 Å². The Hall–Kier alpha value is -1.07. The Labute approximate surface area is 134 Å². The third kappa shape index (κ3) is 3.24. The van der Waals surface area contributed by atoms with Gasteiger partial charge in [-0.25, -0.2) is 0 Å². The van der Waals surface area contributed by atoms with Crippen LogP contribution in [-0.4, -0.2) is 24.1 Å². The number of carbonyl (C=O) groups excluding carboxylic acids is 1. The van der Waals surface area contributed by atoms with Crippen molar-refractivity contribution in [3.63, 3.8) is 0 Å². The highest BCUT2D eigenvalue weighted by molar-refractivity contribution is 9.10. The van der Waals surface area contributed by atoms with Gasteiger partial charge in [0.1, 0.15) is 0 Å². The van der Waals surface area contributed by atoms with E-state index in [1.807, 2.05) is 12.1 Å². The number of aliphatic hydroxyl groups is 1. The highest BCUT2D eigenvalue weighted by Gasteiger charge is 2.30. The maximum Gasteiger partial charge on any atom is 0.257 e. The molecule has 21 heavy (non-hydrogen) atoms. The minimum atomic E-state index is -1.06. The molecule has 0 aromatic heterocycles. The van der Waals surface area contributed by atoms with Gasteiger partial charge < -0.3 is 15.3 Å². The highest BCUT2D eigenvalue weighted by Crippen LogP contribution is 2.39. The van der Waals surface area contributed by atoms with Gasteiger partial charge >= 0.3 is 0 Å². The second kappa shape index (κ2) is 6.79. The average Bonchev–Trinajstić information content (AvgIpc) is 2.75. The number of fused-ring (bicyclic) bond motifs is 1. The number of anilines is 2. The summed E-state index contributed by atoms with van der Waals surface area (Å²) >= 11 is 3.58. The number of amides is 1. The van der Waals surface area contributed by atoms with Crippen molar-refractivity contribution in [3.05, 3.63) is 22.2 Å². The molecule has 0 saturated carbocycles. The average molecular weight is 355 g/mol. The molecule has 2 rings (SSSR count). The second-order valence-electron chi connectivity index (χ2n) is 5.50. The summed E-state index contributed by atoms with van der Waals surface area (Å²) in [6.45, 7) is 8.48. The normalized spacial score (nSPS) is 17.0. The number of carbonyl (C=O) groups is 1. The van der Waals surface area contributed by atoms with Crippen LogP contribution in [0.1, 0.15) is 45.3 Å². The summed E-state index contributed by atoms with van der Waals surface area (Å²) in [6.07, 6.45) is 1.26. The molecule has 0 spiro atoms. The lowest BCUT2D eigenvalue weighted by atomic mass is 10.0. The van der Waals surface area contributed by atoms with Crippen molar-refractivity contribution in [1.82, 2.24) is 0 Å². The zero-order chi connectivity index (χ0) is 15.6. The van der Waals surface area contributed by atoms with Gasteiger partial charge in [-0.05, 0) is 40.9 Å². The summed E-state index contributed by atoms with van der Waals surface area (Å²) in [6, 6.07) is 3.81. The number of halogens is 1. The smallest absolute Gasteiger partial charge is 0.257 e. The summed E-state index contributed by atoms with van der Waals surface area (Å²) in [5.41, 5.74) is 2.43. The lowest BCUT2D eigenvalue weighted by Gasteiger charge is -2.29. The van der Waals surface area contributed by atoms with E-state index in [1.54, 1.807) is 0 Å². The molecule has 1 unspecified atom stereocenters. The van der Waals surface area contributed by atoms with Crippen LogP contribution in [-0.2, 0) is 4.79 Å². The van der Waals surface area contributed by atoms with E-state index in [2.05, 4.69) is 46.9 Å². The molecule has 0 saturated heterocycles. The first-order chi connectivity index (χ1) is 10.0. The predicted octanol–water partition coefficient (Wildman–Crippen LogP) is 3.70. The number of aliphatic hydroxyl groups excluding tert-OH is 1. The fraction of sp³-hybridized carbons (Fsp3) is 0.562. The van der Waals surface area contributed by atoms with E-state index in [1.165, 1.54) is 0 Å². The highest BCUT2D eigenvalue weighted by atomic mass is 79.9. The molecule has 1 aromatic rings. The van der Waals surface area contributed by atoms with Gasteiger partial charge in [0, 0.05) is 28.8 Å². The molecule has 0 fully saturated rings. The van der Waals surface area contributed by atoms with Crippen LogP contribution in [0.15, 0.2) is 16.6 Å². The number of hydrogen-bond acceptors (Lipinski definition) is 3. The molecule has 1 amide bonds. The Morgan fingerprint density at radius 2 is 2.00 bits per heavy atom. The topological polar surface area (TPSA) is 52.6 Å². The molecule has 1 aromatic carbocycles. The van der Waals surface area contributed by atoms with Gasteiger partial charge in [-0.2, -0.15) is 0 Å². The van der Waals surface area contributed by atoms with Gasteiger partial charge in [-0.15, -0.1) is 0 Å². The molecule has 1 aliphatic rings. The maximum absolute atomic E-state index is 11.6. The van der Waals surface area contributed by atoms with E-state index < -0.39 is 6.10 Å². The molecule has 0 radical (unpaired) electrons. The Balaban J connectivity index is 2.31. The second-order valence-corrected chi connectivity index (χ2v) is 6.36. The molecular formula is C16H23BrN2O2. The van der Waals surface area contributed by atoms with E-state index in [0.29, 0.717) is 17.2 Å². The summed E-state index contributed by atoms with van der Waals surface area (Å²) in [4.78, 5) is 13.9. The maximum atomic E-state index is 11.6. The van der Waals surface area contributed by atoms with E-state index >= 15 is 0 Å². The third-order valence-corrected chi connectivity index (χ3v) is 4.91. The van der Waals surface area contributed by atoms with Gasteiger partial charge in [-0.1, -0.05) is 26.7 Å². The minimum Gasteiger partial charge on any atom is -0.378 e. The number of hydrogen-bond donors (Lipinski definition) is 2. The Morgan fingerprint density at radius 1 is 1.33 bits per heavy atom. The van der Waals surface area contributed by atoms with Gasteiger partial charge in [0.15, 0.2) is 6.10 Å². The predicted molar refractivity (Wildman–Crippen MR) is 89.7 cm³/mol. The SMILES string of the molecule is CCC(CC)CN(CC)c1cc2c(cc1Br)C(O)C(=O)N2. The quantitative estimate of drug-likeness (QED) is 0.818. The monoisotopic (exact) mass is 354 g/mol. The Bertz CT molecular complexity index is 529. The van der Waals surface area contributed by atoms with Crippen LogP contribution in [0.4, 0.5) is 11.4 Å². The fourth-order valence-corrected chi connectivity index (χ4v) is 3.36. The lowest BCUT2D eigenvalue weighted by molar-refractivity contribution is -0.123. The standard InChI is InChI=1S/C16H23BrN2O2/c1-4-10(5-2)9-19(6-3)14-8-13-11(7-12(14)17)15(20)16(21)18-13/h7-8,10,15,20H,4-6,9H2,1-3H3,(H,18,21). The molecular weight excluding hydrogens is 332 g/mol. The molecule has 5 heteroatoms. The summed E-state index contributed by atoms with van der Waals surface area (Å²) in [5.74, 6) is 0.308. The number of nitrogens with one attached hydrogen (secondary N) is 1. The van der Waals surface area contributed by atoms with Crippen LogP contribution in [0.5, 0.6) is 0 Å². The van der Waals surface area contributed by atoms with Gasteiger partial charge in [0.25, 0.3) is 5.91 Å². The molecule has 0 bridgehead atoms. The van der Waals surface area contributed by atoms with Gasteiger partial charge in [-0.3, -0.25) is 4.79 Å².